The zero-order valence-corrected chi connectivity index (χ0v) is 17.9. The van der Waals surface area contributed by atoms with Crippen LogP contribution in [0, 0.1) is 6.92 Å². The van der Waals surface area contributed by atoms with Gasteiger partial charge in [-0.05, 0) is 43.2 Å². The Hall–Kier alpha value is -3.38. The second-order valence-corrected chi connectivity index (χ2v) is 7.42. The van der Waals surface area contributed by atoms with Crippen molar-refractivity contribution in [1.82, 2.24) is 0 Å². The van der Waals surface area contributed by atoms with Gasteiger partial charge in [-0.2, -0.15) is 0 Å². The lowest BCUT2D eigenvalue weighted by molar-refractivity contribution is -0.111. The van der Waals surface area contributed by atoms with E-state index in [1.165, 1.54) is 17.4 Å². The Bertz CT molecular complexity index is 1050. The summed E-state index contributed by atoms with van der Waals surface area (Å²) in [5.74, 6) is -0.0620. The lowest BCUT2D eigenvalue weighted by atomic mass is 10.0. The van der Waals surface area contributed by atoms with E-state index in [-0.39, 0.29) is 12.5 Å². The highest BCUT2D eigenvalue weighted by molar-refractivity contribution is 7.15. The summed E-state index contributed by atoms with van der Waals surface area (Å²) in [4.78, 5) is 25.1. The van der Waals surface area contributed by atoms with E-state index in [1.54, 1.807) is 20.1 Å². The van der Waals surface area contributed by atoms with Crippen LogP contribution in [-0.2, 0) is 9.53 Å². The number of rotatable bonds is 7. The van der Waals surface area contributed by atoms with Gasteiger partial charge < -0.3 is 14.8 Å². The molecule has 1 heterocycles. The van der Waals surface area contributed by atoms with Crippen molar-refractivity contribution in [3.63, 3.8) is 0 Å². The number of anilines is 1. The van der Waals surface area contributed by atoms with Crippen LogP contribution in [-0.4, -0.2) is 25.6 Å². The van der Waals surface area contributed by atoms with E-state index in [4.69, 9.17) is 9.47 Å². The van der Waals surface area contributed by atoms with Crippen LogP contribution in [0.1, 0.15) is 28.4 Å². The topological polar surface area (TPSA) is 64.6 Å². The monoisotopic (exact) mass is 421 g/mol. The fraction of sp³-hybridized carbons (Fsp3) is 0.167. The maximum atomic E-state index is 12.6. The SMILES string of the molecule is CCOC(=O)c1c(-c2ccc(OC)cc2)csc1NC(=O)/C=C/c1ccc(C)cc1. The van der Waals surface area contributed by atoms with Crippen LogP contribution in [0.15, 0.2) is 60.0 Å². The third-order valence-electron chi connectivity index (χ3n) is 4.41. The molecular weight excluding hydrogens is 398 g/mol. The molecule has 1 N–H and O–H groups in total. The van der Waals surface area contributed by atoms with Gasteiger partial charge >= 0.3 is 5.97 Å². The summed E-state index contributed by atoms with van der Waals surface area (Å²) in [6.45, 7) is 4.01. The Morgan fingerprint density at radius 3 is 2.40 bits per heavy atom. The first kappa shape index (κ1) is 21.3. The van der Waals surface area contributed by atoms with Gasteiger partial charge in [0.05, 0.1) is 13.7 Å². The van der Waals surface area contributed by atoms with Crippen molar-refractivity contribution in [1.29, 1.82) is 0 Å². The molecule has 3 rings (SSSR count). The number of carbonyl (C=O) groups excluding carboxylic acids is 2. The second kappa shape index (κ2) is 9.89. The van der Waals surface area contributed by atoms with Gasteiger partial charge in [0.2, 0.25) is 5.91 Å². The molecule has 0 unspecified atom stereocenters. The fourth-order valence-corrected chi connectivity index (χ4v) is 3.80. The third-order valence-corrected chi connectivity index (χ3v) is 5.31. The number of ether oxygens (including phenoxy) is 2. The molecule has 0 aliphatic rings. The van der Waals surface area contributed by atoms with Gasteiger partial charge in [-0.3, -0.25) is 4.79 Å². The molecule has 1 aromatic heterocycles. The van der Waals surface area contributed by atoms with Gasteiger partial charge in [0.15, 0.2) is 0 Å². The summed E-state index contributed by atoms with van der Waals surface area (Å²) < 4.78 is 10.4. The Balaban J connectivity index is 1.86. The number of amides is 1. The van der Waals surface area contributed by atoms with Gasteiger partial charge in [0, 0.05) is 17.0 Å². The van der Waals surface area contributed by atoms with Gasteiger partial charge in [-0.1, -0.05) is 42.0 Å². The minimum absolute atomic E-state index is 0.247. The maximum absolute atomic E-state index is 12.6. The molecule has 0 bridgehead atoms. The Morgan fingerprint density at radius 2 is 1.77 bits per heavy atom. The molecule has 0 radical (unpaired) electrons. The number of carbonyl (C=O) groups is 2. The predicted molar refractivity (Wildman–Crippen MR) is 121 cm³/mol. The van der Waals surface area contributed by atoms with Crippen LogP contribution < -0.4 is 10.1 Å². The molecule has 5 nitrogen and oxygen atoms in total. The summed E-state index contributed by atoms with van der Waals surface area (Å²) in [7, 11) is 1.60. The number of hydrogen-bond acceptors (Lipinski definition) is 5. The normalized spacial score (nSPS) is 10.8. The molecule has 0 aliphatic carbocycles. The molecule has 154 valence electrons. The van der Waals surface area contributed by atoms with Crippen molar-refractivity contribution < 1.29 is 19.1 Å². The van der Waals surface area contributed by atoms with Crippen molar-refractivity contribution in [2.75, 3.05) is 19.0 Å². The van der Waals surface area contributed by atoms with Crippen LogP contribution >= 0.6 is 11.3 Å². The van der Waals surface area contributed by atoms with E-state index < -0.39 is 5.97 Å². The van der Waals surface area contributed by atoms with Crippen molar-refractivity contribution in [3.05, 3.63) is 76.7 Å². The molecule has 0 atom stereocenters. The van der Waals surface area contributed by atoms with E-state index >= 15 is 0 Å². The molecular formula is C24H23NO4S. The smallest absolute Gasteiger partial charge is 0.341 e. The van der Waals surface area contributed by atoms with Crippen molar-refractivity contribution in [2.24, 2.45) is 0 Å². The highest BCUT2D eigenvalue weighted by atomic mass is 32.1. The maximum Gasteiger partial charge on any atom is 0.341 e. The van der Waals surface area contributed by atoms with Crippen molar-refractivity contribution in [2.45, 2.75) is 13.8 Å². The molecule has 0 fully saturated rings. The molecule has 3 aromatic rings. The molecule has 0 saturated carbocycles. The van der Waals surface area contributed by atoms with E-state index in [0.717, 1.165) is 22.4 Å². The average Bonchev–Trinajstić information content (AvgIpc) is 3.17. The van der Waals surface area contributed by atoms with E-state index in [0.29, 0.717) is 16.1 Å². The first-order valence-corrected chi connectivity index (χ1v) is 10.4. The van der Waals surface area contributed by atoms with Gasteiger partial charge in [0.1, 0.15) is 16.3 Å². The minimum atomic E-state index is -0.470. The van der Waals surface area contributed by atoms with Crippen molar-refractivity contribution in [3.8, 4) is 16.9 Å². The standard InChI is InChI=1S/C24H23NO4S/c1-4-29-24(27)22-20(18-10-12-19(28-3)13-11-18)15-30-23(22)25-21(26)14-9-17-7-5-16(2)6-8-17/h5-15H,4H2,1-3H3,(H,25,26)/b14-9+. The molecule has 30 heavy (non-hydrogen) atoms. The first-order valence-electron chi connectivity index (χ1n) is 9.50. The zero-order chi connectivity index (χ0) is 21.5. The Morgan fingerprint density at radius 1 is 1.07 bits per heavy atom. The number of esters is 1. The predicted octanol–water partition coefficient (Wildman–Crippen LogP) is 5.56. The number of benzene rings is 2. The number of nitrogens with one attached hydrogen (secondary N) is 1. The summed E-state index contributed by atoms with van der Waals surface area (Å²) in [6, 6.07) is 15.2. The first-order chi connectivity index (χ1) is 14.5. The van der Waals surface area contributed by atoms with E-state index in [9.17, 15) is 9.59 Å². The number of methoxy groups -OCH3 is 1. The second-order valence-electron chi connectivity index (χ2n) is 6.54. The van der Waals surface area contributed by atoms with Gasteiger partial charge in [-0.15, -0.1) is 11.3 Å². The van der Waals surface area contributed by atoms with Crippen LogP contribution in [0.3, 0.4) is 0 Å². The highest BCUT2D eigenvalue weighted by Gasteiger charge is 2.22. The average molecular weight is 422 g/mol. The zero-order valence-electron chi connectivity index (χ0n) is 17.1. The summed E-state index contributed by atoms with van der Waals surface area (Å²) >= 11 is 1.29. The number of aryl methyl sites for hydroxylation is 1. The van der Waals surface area contributed by atoms with Gasteiger partial charge in [-0.25, -0.2) is 4.79 Å². The van der Waals surface area contributed by atoms with Crippen LogP contribution in [0.2, 0.25) is 0 Å². The molecule has 1 amide bonds. The fourth-order valence-electron chi connectivity index (χ4n) is 2.84. The summed E-state index contributed by atoms with van der Waals surface area (Å²) in [5.41, 5.74) is 3.97. The Labute approximate surface area is 180 Å². The molecule has 2 aromatic carbocycles. The quantitative estimate of drug-likeness (QED) is 0.401. The van der Waals surface area contributed by atoms with E-state index in [1.807, 2.05) is 60.8 Å². The van der Waals surface area contributed by atoms with Crippen molar-refractivity contribution >= 4 is 34.3 Å². The minimum Gasteiger partial charge on any atom is -0.497 e. The lowest BCUT2D eigenvalue weighted by Gasteiger charge is -2.08. The number of hydrogen-bond donors (Lipinski definition) is 1. The molecule has 0 saturated heterocycles. The van der Waals surface area contributed by atoms with Gasteiger partial charge in [0.25, 0.3) is 0 Å². The largest absolute Gasteiger partial charge is 0.497 e. The lowest BCUT2D eigenvalue weighted by Crippen LogP contribution is -2.12. The summed E-state index contributed by atoms with van der Waals surface area (Å²) in [6.07, 6.45) is 3.18. The van der Waals surface area contributed by atoms with E-state index in [2.05, 4.69) is 5.32 Å². The number of thiophene rings is 1. The van der Waals surface area contributed by atoms with Crippen LogP contribution in [0.25, 0.3) is 17.2 Å². The summed E-state index contributed by atoms with van der Waals surface area (Å²) in [5, 5.41) is 5.11. The third kappa shape index (κ3) is 5.15. The highest BCUT2D eigenvalue weighted by Crippen LogP contribution is 2.36. The molecule has 6 heteroatoms. The van der Waals surface area contributed by atoms with Crippen LogP contribution in [0.4, 0.5) is 5.00 Å². The molecule has 0 spiro atoms. The molecule has 0 aliphatic heterocycles. The Kier molecular flexibility index (Phi) is 7.03. The van der Waals surface area contributed by atoms with Crippen LogP contribution in [0.5, 0.6) is 5.75 Å².